The molecule has 1 atom stereocenters. The summed E-state index contributed by atoms with van der Waals surface area (Å²) in [6, 6.07) is 0. The molecule has 1 fully saturated rings. The zero-order valence-corrected chi connectivity index (χ0v) is 12.9. The molecule has 2 amide bonds. The largest absolute Gasteiger partial charge is 0.385 e. The standard InChI is InChI=1S/C13H25N3O3.ClH/c1-19-9-3-5-12(17)16-8-2-4-11(10-16)13(18)15-7-6-14;/h11H,2-10,14H2,1H3,(H,15,18);1H. The molecule has 1 saturated heterocycles. The third-order valence-electron chi connectivity index (χ3n) is 3.33. The minimum atomic E-state index is -0.0910. The summed E-state index contributed by atoms with van der Waals surface area (Å²) in [7, 11) is 1.63. The van der Waals surface area contributed by atoms with Crippen LogP contribution in [0.1, 0.15) is 25.7 Å². The van der Waals surface area contributed by atoms with Crippen molar-refractivity contribution >= 4 is 24.2 Å². The lowest BCUT2D eigenvalue weighted by molar-refractivity contribution is -0.135. The van der Waals surface area contributed by atoms with Crippen molar-refractivity contribution in [3.63, 3.8) is 0 Å². The van der Waals surface area contributed by atoms with Gasteiger partial charge in [-0.25, -0.2) is 0 Å². The van der Waals surface area contributed by atoms with Gasteiger partial charge in [0.15, 0.2) is 0 Å². The smallest absolute Gasteiger partial charge is 0.224 e. The van der Waals surface area contributed by atoms with E-state index >= 15 is 0 Å². The highest BCUT2D eigenvalue weighted by Crippen LogP contribution is 2.17. The number of amides is 2. The molecule has 6 nitrogen and oxygen atoms in total. The highest BCUT2D eigenvalue weighted by Gasteiger charge is 2.27. The van der Waals surface area contributed by atoms with Crippen LogP contribution in [0.5, 0.6) is 0 Å². The van der Waals surface area contributed by atoms with E-state index in [-0.39, 0.29) is 30.1 Å². The van der Waals surface area contributed by atoms with E-state index in [4.69, 9.17) is 10.5 Å². The monoisotopic (exact) mass is 307 g/mol. The normalized spacial score (nSPS) is 18.3. The quantitative estimate of drug-likeness (QED) is 0.656. The highest BCUT2D eigenvalue weighted by molar-refractivity contribution is 5.85. The van der Waals surface area contributed by atoms with Crippen LogP contribution in [0.4, 0.5) is 0 Å². The molecule has 3 N–H and O–H groups in total. The lowest BCUT2D eigenvalue weighted by Crippen LogP contribution is -2.46. The number of piperidine rings is 1. The number of likely N-dealkylation sites (tertiary alicyclic amines) is 1. The molecule has 0 radical (unpaired) electrons. The van der Waals surface area contributed by atoms with E-state index in [0.29, 0.717) is 32.7 Å². The van der Waals surface area contributed by atoms with Crippen LogP contribution in [0, 0.1) is 5.92 Å². The zero-order chi connectivity index (χ0) is 14.1. The molecule has 1 unspecified atom stereocenters. The van der Waals surface area contributed by atoms with Crippen LogP contribution in [-0.2, 0) is 14.3 Å². The van der Waals surface area contributed by atoms with Gasteiger partial charge in [0.05, 0.1) is 5.92 Å². The van der Waals surface area contributed by atoms with Gasteiger partial charge in [-0.05, 0) is 19.3 Å². The summed E-state index contributed by atoms with van der Waals surface area (Å²) in [5.74, 6) is 0.0416. The van der Waals surface area contributed by atoms with Crippen LogP contribution in [0.3, 0.4) is 0 Å². The van der Waals surface area contributed by atoms with E-state index in [1.807, 2.05) is 0 Å². The second kappa shape index (κ2) is 10.9. The van der Waals surface area contributed by atoms with Crippen LogP contribution < -0.4 is 11.1 Å². The number of carbonyl (C=O) groups is 2. The fourth-order valence-corrected chi connectivity index (χ4v) is 2.28. The highest BCUT2D eigenvalue weighted by atomic mass is 35.5. The average molecular weight is 308 g/mol. The third kappa shape index (κ3) is 6.54. The second-order valence-electron chi connectivity index (χ2n) is 4.85. The topological polar surface area (TPSA) is 84.7 Å². The lowest BCUT2D eigenvalue weighted by atomic mass is 9.96. The molecule has 0 saturated carbocycles. The van der Waals surface area contributed by atoms with Gasteiger partial charge in [-0.2, -0.15) is 0 Å². The molecule has 1 aliphatic rings. The van der Waals surface area contributed by atoms with Gasteiger partial charge in [0.25, 0.3) is 0 Å². The third-order valence-corrected chi connectivity index (χ3v) is 3.33. The van der Waals surface area contributed by atoms with Crippen molar-refractivity contribution in [1.82, 2.24) is 10.2 Å². The number of rotatable bonds is 7. The van der Waals surface area contributed by atoms with E-state index in [1.165, 1.54) is 0 Å². The van der Waals surface area contributed by atoms with Gasteiger partial charge < -0.3 is 20.7 Å². The minimum absolute atomic E-state index is 0. The number of halogens is 1. The van der Waals surface area contributed by atoms with Gasteiger partial charge in [0.1, 0.15) is 0 Å². The predicted octanol–water partition coefficient (Wildman–Crippen LogP) is 0.148. The van der Waals surface area contributed by atoms with Crippen LogP contribution in [-0.4, -0.2) is 56.6 Å². The van der Waals surface area contributed by atoms with E-state index in [0.717, 1.165) is 25.8 Å². The maximum absolute atomic E-state index is 12.0. The van der Waals surface area contributed by atoms with Crippen LogP contribution in [0.2, 0.25) is 0 Å². The number of ether oxygens (including phenoxy) is 1. The SMILES string of the molecule is COCCCC(=O)N1CCCC(C(=O)NCCN)C1.Cl. The molecule has 20 heavy (non-hydrogen) atoms. The lowest BCUT2D eigenvalue weighted by Gasteiger charge is -2.32. The first-order chi connectivity index (χ1) is 9.19. The second-order valence-corrected chi connectivity index (χ2v) is 4.85. The van der Waals surface area contributed by atoms with Gasteiger partial charge in [0.2, 0.25) is 11.8 Å². The molecule has 0 aliphatic carbocycles. The van der Waals surface area contributed by atoms with Crippen molar-refractivity contribution in [3.8, 4) is 0 Å². The van der Waals surface area contributed by atoms with Gasteiger partial charge in [-0.1, -0.05) is 0 Å². The predicted molar refractivity (Wildman–Crippen MR) is 79.7 cm³/mol. The number of nitrogens with one attached hydrogen (secondary N) is 1. The maximum atomic E-state index is 12.0. The van der Waals surface area contributed by atoms with Crippen LogP contribution in [0.25, 0.3) is 0 Å². The molecule has 0 aromatic rings. The molecule has 0 aromatic carbocycles. The Labute approximate surface area is 126 Å². The number of methoxy groups -OCH3 is 1. The van der Waals surface area contributed by atoms with Crippen LogP contribution >= 0.6 is 12.4 Å². The first-order valence-electron chi connectivity index (χ1n) is 6.93. The summed E-state index contributed by atoms with van der Waals surface area (Å²) < 4.78 is 4.94. The number of nitrogens with zero attached hydrogens (tertiary/aromatic N) is 1. The molecule has 1 aliphatic heterocycles. The summed E-state index contributed by atoms with van der Waals surface area (Å²) in [4.78, 5) is 25.6. The van der Waals surface area contributed by atoms with Gasteiger partial charge in [-0.15, -0.1) is 12.4 Å². The Morgan fingerprint density at radius 1 is 1.45 bits per heavy atom. The Hall–Kier alpha value is -0.850. The Morgan fingerprint density at radius 2 is 2.20 bits per heavy atom. The molecule has 7 heteroatoms. The van der Waals surface area contributed by atoms with Gasteiger partial charge in [0, 0.05) is 46.3 Å². The van der Waals surface area contributed by atoms with E-state index < -0.39 is 0 Å². The summed E-state index contributed by atoms with van der Waals surface area (Å²) >= 11 is 0. The molecule has 1 rings (SSSR count). The molecular weight excluding hydrogens is 282 g/mol. The number of hydrogen-bond acceptors (Lipinski definition) is 4. The molecule has 0 spiro atoms. The first-order valence-corrected chi connectivity index (χ1v) is 6.93. The Morgan fingerprint density at radius 3 is 2.85 bits per heavy atom. The van der Waals surface area contributed by atoms with Crippen molar-refractivity contribution in [3.05, 3.63) is 0 Å². The van der Waals surface area contributed by atoms with Crippen molar-refractivity contribution < 1.29 is 14.3 Å². The van der Waals surface area contributed by atoms with Crippen molar-refractivity contribution in [2.24, 2.45) is 11.7 Å². The summed E-state index contributed by atoms with van der Waals surface area (Å²) in [6.07, 6.45) is 2.95. The van der Waals surface area contributed by atoms with E-state index in [1.54, 1.807) is 12.0 Å². The molecule has 118 valence electrons. The molecule has 0 aromatic heterocycles. The number of hydrogen-bond donors (Lipinski definition) is 2. The molecule has 0 bridgehead atoms. The Balaban J connectivity index is 0.00000361. The Kier molecular flexibility index (Phi) is 10.4. The maximum Gasteiger partial charge on any atom is 0.224 e. The van der Waals surface area contributed by atoms with Crippen LogP contribution in [0.15, 0.2) is 0 Å². The Bertz CT molecular complexity index is 303. The van der Waals surface area contributed by atoms with Crippen molar-refractivity contribution in [2.75, 3.05) is 39.9 Å². The minimum Gasteiger partial charge on any atom is -0.385 e. The average Bonchev–Trinajstić information content (AvgIpc) is 2.45. The van der Waals surface area contributed by atoms with Crippen molar-refractivity contribution in [1.29, 1.82) is 0 Å². The van der Waals surface area contributed by atoms with Gasteiger partial charge >= 0.3 is 0 Å². The molecular formula is C13H26ClN3O3. The fraction of sp³-hybridized carbons (Fsp3) is 0.846. The van der Waals surface area contributed by atoms with E-state index in [9.17, 15) is 9.59 Å². The first kappa shape index (κ1) is 19.1. The van der Waals surface area contributed by atoms with Crippen molar-refractivity contribution in [2.45, 2.75) is 25.7 Å². The number of carbonyl (C=O) groups excluding carboxylic acids is 2. The number of nitrogens with two attached hydrogens (primary N) is 1. The van der Waals surface area contributed by atoms with E-state index in [2.05, 4.69) is 5.32 Å². The fourth-order valence-electron chi connectivity index (χ4n) is 2.28. The summed E-state index contributed by atoms with van der Waals surface area (Å²) in [6.45, 7) is 2.82. The summed E-state index contributed by atoms with van der Waals surface area (Å²) in [5.41, 5.74) is 5.36. The molecule has 1 heterocycles. The summed E-state index contributed by atoms with van der Waals surface area (Å²) in [5, 5.41) is 2.79. The van der Waals surface area contributed by atoms with Gasteiger partial charge in [-0.3, -0.25) is 9.59 Å². The zero-order valence-electron chi connectivity index (χ0n) is 12.1.